The van der Waals surface area contributed by atoms with Gasteiger partial charge in [0.25, 0.3) is 0 Å². The molecule has 2 unspecified atom stereocenters. The standard InChI is InChI=1S/C15H21NO4S/c1-3-11-7-4-5-9-13(11)16-21(18,19)14-10-6-8-12(14)15(17)20-2/h4-5,7,9,12,14,16H,3,6,8,10H2,1-2H3. The molecule has 0 saturated heterocycles. The van der Waals surface area contributed by atoms with Gasteiger partial charge in [-0.2, -0.15) is 0 Å². The van der Waals surface area contributed by atoms with Crippen molar-refractivity contribution in [3.05, 3.63) is 29.8 Å². The van der Waals surface area contributed by atoms with Gasteiger partial charge in [-0.25, -0.2) is 8.42 Å². The predicted molar refractivity (Wildman–Crippen MR) is 81.5 cm³/mol. The molecule has 116 valence electrons. The number of esters is 1. The van der Waals surface area contributed by atoms with Crippen LogP contribution in [0.3, 0.4) is 0 Å². The zero-order valence-corrected chi connectivity index (χ0v) is 13.2. The van der Waals surface area contributed by atoms with Crippen LogP contribution in [0.5, 0.6) is 0 Å². The van der Waals surface area contributed by atoms with Crippen LogP contribution in [0.15, 0.2) is 24.3 Å². The molecule has 2 rings (SSSR count). The molecule has 1 saturated carbocycles. The molecule has 0 amide bonds. The molecule has 2 atom stereocenters. The fraction of sp³-hybridized carbons (Fsp3) is 0.533. The van der Waals surface area contributed by atoms with Crippen LogP contribution in [0.1, 0.15) is 31.7 Å². The summed E-state index contributed by atoms with van der Waals surface area (Å²) in [5.41, 5.74) is 1.53. The lowest BCUT2D eigenvalue weighted by Crippen LogP contribution is -2.35. The van der Waals surface area contributed by atoms with Crippen LogP contribution < -0.4 is 4.72 Å². The van der Waals surface area contributed by atoms with Crippen molar-refractivity contribution < 1.29 is 17.9 Å². The van der Waals surface area contributed by atoms with E-state index in [4.69, 9.17) is 4.74 Å². The number of para-hydroxylation sites is 1. The van der Waals surface area contributed by atoms with Crippen molar-refractivity contribution in [2.45, 2.75) is 37.9 Å². The first kappa shape index (κ1) is 15.8. The normalized spacial score (nSPS) is 22.0. The molecule has 21 heavy (non-hydrogen) atoms. The molecule has 1 aliphatic rings. The van der Waals surface area contributed by atoms with Gasteiger partial charge < -0.3 is 4.74 Å². The highest BCUT2D eigenvalue weighted by molar-refractivity contribution is 7.93. The molecule has 5 nitrogen and oxygen atoms in total. The van der Waals surface area contributed by atoms with Crippen molar-refractivity contribution in [3.63, 3.8) is 0 Å². The molecular weight excluding hydrogens is 290 g/mol. The number of nitrogens with one attached hydrogen (secondary N) is 1. The maximum Gasteiger partial charge on any atom is 0.310 e. The van der Waals surface area contributed by atoms with Gasteiger partial charge in [-0.3, -0.25) is 9.52 Å². The third kappa shape index (κ3) is 3.37. The second kappa shape index (κ2) is 6.47. The van der Waals surface area contributed by atoms with E-state index in [9.17, 15) is 13.2 Å². The number of ether oxygens (including phenoxy) is 1. The number of aryl methyl sites for hydroxylation is 1. The number of hydrogen-bond donors (Lipinski definition) is 1. The lowest BCUT2D eigenvalue weighted by molar-refractivity contribution is -0.145. The van der Waals surface area contributed by atoms with E-state index in [0.717, 1.165) is 18.4 Å². The second-order valence-corrected chi connectivity index (χ2v) is 7.16. The highest BCUT2D eigenvalue weighted by Gasteiger charge is 2.42. The summed E-state index contributed by atoms with van der Waals surface area (Å²) in [6.07, 6.45) is 2.52. The van der Waals surface area contributed by atoms with Gasteiger partial charge in [0.2, 0.25) is 10.0 Å². The fourth-order valence-electron chi connectivity index (χ4n) is 2.88. The number of sulfonamides is 1. The van der Waals surface area contributed by atoms with Gasteiger partial charge in [0.15, 0.2) is 0 Å². The van der Waals surface area contributed by atoms with E-state index in [-0.39, 0.29) is 0 Å². The molecule has 1 aromatic rings. The van der Waals surface area contributed by atoms with Gasteiger partial charge in [-0.05, 0) is 30.9 Å². The molecule has 0 spiro atoms. The van der Waals surface area contributed by atoms with E-state index >= 15 is 0 Å². The van der Waals surface area contributed by atoms with Crippen LogP contribution in [0.4, 0.5) is 5.69 Å². The lowest BCUT2D eigenvalue weighted by atomic mass is 10.1. The van der Waals surface area contributed by atoms with Gasteiger partial charge in [0, 0.05) is 0 Å². The minimum absolute atomic E-state index is 0.438. The largest absolute Gasteiger partial charge is 0.469 e. The zero-order valence-electron chi connectivity index (χ0n) is 12.3. The van der Waals surface area contributed by atoms with E-state index in [0.29, 0.717) is 18.5 Å². The molecule has 0 radical (unpaired) electrons. The van der Waals surface area contributed by atoms with Crippen LogP contribution in [0.2, 0.25) is 0 Å². The summed E-state index contributed by atoms with van der Waals surface area (Å²) in [4.78, 5) is 11.7. The van der Waals surface area contributed by atoms with E-state index in [2.05, 4.69) is 4.72 Å². The molecule has 0 aromatic heterocycles. The van der Waals surface area contributed by atoms with Gasteiger partial charge in [-0.15, -0.1) is 0 Å². The Morgan fingerprint density at radius 1 is 1.33 bits per heavy atom. The van der Waals surface area contributed by atoms with Crippen molar-refractivity contribution in [2.24, 2.45) is 5.92 Å². The maximum atomic E-state index is 12.6. The minimum atomic E-state index is -3.60. The van der Waals surface area contributed by atoms with E-state index in [1.54, 1.807) is 12.1 Å². The summed E-state index contributed by atoms with van der Waals surface area (Å²) in [6, 6.07) is 7.32. The average Bonchev–Trinajstić information content (AvgIpc) is 2.97. The zero-order chi connectivity index (χ0) is 15.5. The van der Waals surface area contributed by atoms with Crippen LogP contribution >= 0.6 is 0 Å². The first-order chi connectivity index (χ1) is 9.99. The van der Waals surface area contributed by atoms with Crippen molar-refractivity contribution in [2.75, 3.05) is 11.8 Å². The molecule has 1 aromatic carbocycles. The average molecular weight is 311 g/mol. The Hall–Kier alpha value is -1.56. The first-order valence-corrected chi connectivity index (χ1v) is 8.71. The van der Waals surface area contributed by atoms with Gasteiger partial charge in [-0.1, -0.05) is 31.5 Å². The molecule has 1 fully saturated rings. The van der Waals surface area contributed by atoms with Crippen LogP contribution in [0.25, 0.3) is 0 Å². The van der Waals surface area contributed by atoms with Crippen LogP contribution in [-0.4, -0.2) is 26.7 Å². The lowest BCUT2D eigenvalue weighted by Gasteiger charge is -2.20. The Balaban J connectivity index is 2.24. The number of anilines is 1. The van der Waals surface area contributed by atoms with Crippen molar-refractivity contribution >= 4 is 21.7 Å². The number of carbonyl (C=O) groups is 1. The number of rotatable bonds is 5. The highest BCUT2D eigenvalue weighted by atomic mass is 32.2. The Morgan fingerprint density at radius 3 is 2.71 bits per heavy atom. The van der Waals surface area contributed by atoms with Gasteiger partial charge >= 0.3 is 5.97 Å². The van der Waals surface area contributed by atoms with Crippen LogP contribution in [0, 0.1) is 5.92 Å². The Bertz CT molecular complexity index is 612. The van der Waals surface area contributed by atoms with E-state index in [1.165, 1.54) is 7.11 Å². The quantitative estimate of drug-likeness (QED) is 0.847. The summed E-state index contributed by atoms with van der Waals surface area (Å²) in [7, 11) is -2.30. The molecule has 0 aliphatic heterocycles. The number of hydrogen-bond acceptors (Lipinski definition) is 4. The molecule has 6 heteroatoms. The van der Waals surface area contributed by atoms with E-state index in [1.807, 2.05) is 19.1 Å². The van der Waals surface area contributed by atoms with Gasteiger partial charge in [0.1, 0.15) is 0 Å². The molecular formula is C15H21NO4S. The summed E-state index contributed by atoms with van der Waals surface area (Å²) < 4.78 is 32.5. The SMILES string of the molecule is CCc1ccccc1NS(=O)(=O)C1CCCC1C(=O)OC. The van der Waals surface area contributed by atoms with Gasteiger partial charge in [0.05, 0.1) is 24.0 Å². The Kier molecular flexibility index (Phi) is 4.88. The first-order valence-electron chi connectivity index (χ1n) is 7.17. The Labute approximate surface area is 125 Å². The Morgan fingerprint density at radius 2 is 2.05 bits per heavy atom. The topological polar surface area (TPSA) is 72.5 Å². The third-order valence-electron chi connectivity index (χ3n) is 4.01. The third-order valence-corrected chi connectivity index (χ3v) is 5.87. The fourth-order valence-corrected chi connectivity index (χ4v) is 4.69. The van der Waals surface area contributed by atoms with E-state index < -0.39 is 27.2 Å². The highest BCUT2D eigenvalue weighted by Crippen LogP contribution is 2.33. The maximum absolute atomic E-state index is 12.6. The number of carbonyl (C=O) groups excluding carboxylic acids is 1. The number of benzene rings is 1. The molecule has 0 heterocycles. The second-order valence-electron chi connectivity index (χ2n) is 5.26. The number of methoxy groups -OCH3 is 1. The summed E-state index contributed by atoms with van der Waals surface area (Å²) in [6.45, 7) is 1.97. The smallest absolute Gasteiger partial charge is 0.310 e. The monoisotopic (exact) mass is 311 g/mol. The van der Waals surface area contributed by atoms with Crippen molar-refractivity contribution in [1.29, 1.82) is 0 Å². The van der Waals surface area contributed by atoms with Crippen molar-refractivity contribution in [3.8, 4) is 0 Å². The predicted octanol–water partition coefficient (Wildman–Crippen LogP) is 2.33. The minimum Gasteiger partial charge on any atom is -0.469 e. The van der Waals surface area contributed by atoms with Crippen LogP contribution in [-0.2, 0) is 26.0 Å². The van der Waals surface area contributed by atoms with Crippen molar-refractivity contribution in [1.82, 2.24) is 0 Å². The summed E-state index contributed by atoms with van der Waals surface area (Å²) >= 11 is 0. The molecule has 1 aliphatic carbocycles. The molecule has 1 N–H and O–H groups in total. The molecule has 0 bridgehead atoms. The summed E-state index contributed by atoms with van der Waals surface area (Å²) in [5.74, 6) is -1.01. The summed E-state index contributed by atoms with van der Waals surface area (Å²) in [5, 5.41) is -0.713.